The van der Waals surface area contributed by atoms with Crippen LogP contribution in [0.4, 0.5) is 11.6 Å². The number of hydrogen-bond donors (Lipinski definition) is 1. The molecule has 0 spiro atoms. The number of aromatic nitrogens is 2. The Balaban J connectivity index is 1.07. The summed E-state index contributed by atoms with van der Waals surface area (Å²) in [4.78, 5) is 25.7. The van der Waals surface area contributed by atoms with Crippen LogP contribution >= 0.6 is 0 Å². The van der Waals surface area contributed by atoms with Crippen molar-refractivity contribution in [2.24, 2.45) is 0 Å². The van der Waals surface area contributed by atoms with E-state index < -0.39 is 0 Å². The Kier molecular flexibility index (Phi) is 6.67. The van der Waals surface area contributed by atoms with E-state index in [1.54, 1.807) is 0 Å². The van der Waals surface area contributed by atoms with Crippen molar-refractivity contribution in [3.05, 3.63) is 54.2 Å². The highest BCUT2D eigenvalue weighted by atomic mass is 16.5. The lowest BCUT2D eigenvalue weighted by atomic mass is 10.1. The fourth-order valence-corrected chi connectivity index (χ4v) is 4.68. The number of nitrogens with zero attached hydrogens (tertiary/aromatic N) is 4. The van der Waals surface area contributed by atoms with Crippen LogP contribution in [0, 0.1) is 0 Å². The average Bonchev–Trinajstić information content (AvgIpc) is 3.09. The molecule has 1 aromatic carbocycles. The summed E-state index contributed by atoms with van der Waals surface area (Å²) < 4.78 is 5.84. The molecule has 0 radical (unpaired) electrons. The third kappa shape index (κ3) is 5.25. The van der Waals surface area contributed by atoms with E-state index in [4.69, 9.17) is 9.72 Å². The molecule has 2 aliphatic rings. The highest BCUT2D eigenvalue weighted by Crippen LogP contribution is 2.25. The Labute approximate surface area is 194 Å². The minimum Gasteiger partial charge on any atom is -0.478 e. The number of ether oxygens (including phenoxy) is 1. The molecule has 1 saturated heterocycles. The van der Waals surface area contributed by atoms with Crippen molar-refractivity contribution in [2.45, 2.75) is 32.1 Å². The summed E-state index contributed by atoms with van der Waals surface area (Å²) in [6, 6.07) is 14.5. The van der Waals surface area contributed by atoms with Crippen LogP contribution in [0.5, 0.6) is 5.88 Å². The monoisotopic (exact) mass is 445 g/mol. The van der Waals surface area contributed by atoms with Crippen LogP contribution in [0.1, 0.15) is 31.2 Å². The van der Waals surface area contributed by atoms with Crippen molar-refractivity contribution in [3.8, 4) is 5.88 Å². The summed E-state index contributed by atoms with van der Waals surface area (Å²) in [6.45, 7) is 5.93. The van der Waals surface area contributed by atoms with Gasteiger partial charge in [-0.15, -0.1) is 0 Å². The van der Waals surface area contributed by atoms with Gasteiger partial charge in [0.25, 0.3) is 0 Å². The molecule has 1 amide bonds. The van der Waals surface area contributed by atoms with Crippen molar-refractivity contribution in [3.63, 3.8) is 0 Å². The van der Waals surface area contributed by atoms with Crippen LogP contribution in [0.25, 0.3) is 10.8 Å². The number of pyridine rings is 2. The van der Waals surface area contributed by atoms with E-state index in [-0.39, 0.29) is 5.91 Å². The maximum atomic E-state index is 11.6. The summed E-state index contributed by atoms with van der Waals surface area (Å²) in [5.41, 5.74) is 1.08. The smallest absolute Gasteiger partial charge is 0.225 e. The van der Waals surface area contributed by atoms with Gasteiger partial charge in [-0.05, 0) is 61.9 Å². The van der Waals surface area contributed by atoms with Gasteiger partial charge in [-0.3, -0.25) is 4.79 Å². The largest absolute Gasteiger partial charge is 0.478 e. The summed E-state index contributed by atoms with van der Waals surface area (Å²) in [5, 5.41) is 5.32. The zero-order chi connectivity index (χ0) is 22.5. The first-order valence-electron chi connectivity index (χ1n) is 12.0. The molecule has 0 atom stereocenters. The molecule has 2 aromatic heterocycles. The quantitative estimate of drug-likeness (QED) is 0.557. The number of hydrogen-bond acceptors (Lipinski definition) is 6. The minimum atomic E-state index is 0.0272. The predicted octanol–water partition coefficient (Wildman–Crippen LogP) is 3.89. The zero-order valence-corrected chi connectivity index (χ0v) is 19.0. The van der Waals surface area contributed by atoms with E-state index in [9.17, 15) is 4.79 Å². The fourth-order valence-electron chi connectivity index (χ4n) is 4.68. The summed E-state index contributed by atoms with van der Waals surface area (Å²) in [6.07, 6.45) is 6.42. The van der Waals surface area contributed by atoms with Gasteiger partial charge in [-0.2, -0.15) is 4.98 Å². The van der Waals surface area contributed by atoms with E-state index >= 15 is 0 Å². The van der Waals surface area contributed by atoms with Crippen molar-refractivity contribution in [2.75, 3.05) is 49.5 Å². The molecule has 0 saturated carbocycles. The minimum absolute atomic E-state index is 0.0272. The Bertz CT molecular complexity index is 1110. The van der Waals surface area contributed by atoms with Gasteiger partial charge in [0.2, 0.25) is 11.8 Å². The maximum absolute atomic E-state index is 11.6. The molecule has 172 valence electrons. The molecule has 33 heavy (non-hydrogen) atoms. The van der Waals surface area contributed by atoms with E-state index in [1.807, 2.05) is 18.3 Å². The molecule has 4 heterocycles. The van der Waals surface area contributed by atoms with Crippen LogP contribution in [0.3, 0.4) is 0 Å². The number of nitrogens with one attached hydrogen (secondary N) is 1. The second-order valence-electron chi connectivity index (χ2n) is 8.80. The summed E-state index contributed by atoms with van der Waals surface area (Å²) in [5.74, 6) is 2.37. The van der Waals surface area contributed by atoms with E-state index in [0.717, 1.165) is 69.8 Å². The highest BCUT2D eigenvalue weighted by Gasteiger charge is 2.18. The zero-order valence-electron chi connectivity index (χ0n) is 19.0. The second-order valence-corrected chi connectivity index (χ2v) is 8.80. The van der Waals surface area contributed by atoms with Gasteiger partial charge >= 0.3 is 0 Å². The first-order chi connectivity index (χ1) is 16.3. The van der Waals surface area contributed by atoms with Gasteiger partial charge in [0, 0.05) is 43.7 Å². The first kappa shape index (κ1) is 21.6. The topological polar surface area (TPSA) is 70.6 Å². The van der Waals surface area contributed by atoms with Crippen LogP contribution < -0.4 is 15.0 Å². The molecule has 7 heteroatoms. The molecule has 7 nitrogen and oxygen atoms in total. The van der Waals surface area contributed by atoms with Crippen LogP contribution in [0.2, 0.25) is 0 Å². The lowest BCUT2D eigenvalue weighted by Gasteiger charge is -2.24. The molecule has 1 N–H and O–H groups in total. The number of rotatable bonds is 7. The number of amides is 1. The number of aryl methyl sites for hydroxylation is 1. The van der Waals surface area contributed by atoms with Crippen molar-refractivity contribution in [1.82, 2.24) is 14.9 Å². The second kappa shape index (κ2) is 10.2. The molecular formula is C26H31N5O2. The highest BCUT2D eigenvalue weighted by molar-refractivity contribution is 5.93. The molecule has 0 aliphatic carbocycles. The number of benzene rings is 1. The Morgan fingerprint density at radius 2 is 1.91 bits per heavy atom. The van der Waals surface area contributed by atoms with Crippen molar-refractivity contribution in [1.29, 1.82) is 0 Å². The van der Waals surface area contributed by atoms with Crippen molar-refractivity contribution >= 4 is 28.3 Å². The SMILES string of the molecule is O=C1CCc2ccc(OCCCCN3CCCN(c4nccc5ccccc45)CC3)nc2N1. The normalized spacial score (nSPS) is 16.8. The number of anilines is 2. The molecule has 1 fully saturated rings. The third-order valence-corrected chi connectivity index (χ3v) is 6.49. The van der Waals surface area contributed by atoms with Crippen LogP contribution in [-0.2, 0) is 11.2 Å². The van der Waals surface area contributed by atoms with Gasteiger partial charge < -0.3 is 19.9 Å². The Hall–Kier alpha value is -3.19. The van der Waals surface area contributed by atoms with E-state index in [0.29, 0.717) is 24.7 Å². The number of fused-ring (bicyclic) bond motifs is 2. The lowest BCUT2D eigenvalue weighted by Crippen LogP contribution is -2.32. The van der Waals surface area contributed by atoms with Gasteiger partial charge in [-0.1, -0.05) is 24.3 Å². The van der Waals surface area contributed by atoms with Crippen LogP contribution in [0.15, 0.2) is 48.7 Å². The number of carbonyl (C=O) groups is 1. The number of carbonyl (C=O) groups excluding carboxylic acids is 1. The lowest BCUT2D eigenvalue weighted by molar-refractivity contribution is -0.116. The van der Waals surface area contributed by atoms with Crippen LogP contribution in [-0.4, -0.2) is 60.1 Å². The maximum Gasteiger partial charge on any atom is 0.225 e. The van der Waals surface area contributed by atoms with Gasteiger partial charge in [0.1, 0.15) is 11.6 Å². The Morgan fingerprint density at radius 1 is 0.970 bits per heavy atom. The molecular weight excluding hydrogens is 414 g/mol. The average molecular weight is 446 g/mol. The predicted molar refractivity (Wildman–Crippen MR) is 131 cm³/mol. The summed E-state index contributed by atoms with van der Waals surface area (Å²) in [7, 11) is 0. The van der Waals surface area contributed by atoms with E-state index in [1.165, 1.54) is 10.8 Å². The molecule has 5 rings (SSSR count). The van der Waals surface area contributed by atoms with Crippen molar-refractivity contribution < 1.29 is 9.53 Å². The standard InChI is InChI=1S/C26H31N5O2/c32-23-10-8-21-9-11-24(29-25(21)28-23)33-19-4-3-14-30-15-5-16-31(18-17-30)26-22-7-2-1-6-20(22)12-13-27-26/h1-2,6-7,9,11-13H,3-5,8,10,14-19H2,(H,28,29,32). The molecule has 0 unspecified atom stereocenters. The Morgan fingerprint density at radius 3 is 2.88 bits per heavy atom. The third-order valence-electron chi connectivity index (χ3n) is 6.49. The van der Waals surface area contributed by atoms with Gasteiger partial charge in [-0.25, -0.2) is 4.98 Å². The number of unbranched alkanes of at least 4 members (excludes halogenated alkanes) is 1. The molecule has 0 bridgehead atoms. The molecule has 2 aliphatic heterocycles. The summed E-state index contributed by atoms with van der Waals surface area (Å²) >= 11 is 0. The first-order valence-corrected chi connectivity index (χ1v) is 12.0. The van der Waals surface area contributed by atoms with Gasteiger partial charge in [0.15, 0.2) is 0 Å². The molecule has 3 aromatic rings. The van der Waals surface area contributed by atoms with E-state index in [2.05, 4.69) is 50.4 Å². The van der Waals surface area contributed by atoms with Gasteiger partial charge in [0.05, 0.1) is 6.61 Å². The fraction of sp³-hybridized carbons (Fsp3) is 0.423.